The van der Waals surface area contributed by atoms with Crippen molar-refractivity contribution in [3.05, 3.63) is 0 Å². The van der Waals surface area contributed by atoms with Crippen LogP contribution in [0.25, 0.3) is 0 Å². The molecule has 0 N–H and O–H groups in total. The predicted octanol–water partition coefficient (Wildman–Crippen LogP) is 3.68. The molecule has 7 heteroatoms. The summed E-state index contributed by atoms with van der Waals surface area (Å²) in [4.78, 5) is 36.1. The molecule has 4 rings (SSSR count). The van der Waals surface area contributed by atoms with Gasteiger partial charge in [0.2, 0.25) is 11.8 Å². The molecular formula is C24H40ClN3O3. The summed E-state index contributed by atoms with van der Waals surface area (Å²) in [5, 5.41) is 2.38. The van der Waals surface area contributed by atoms with Gasteiger partial charge in [0.1, 0.15) is 6.04 Å². The maximum absolute atomic E-state index is 13.6. The Morgan fingerprint density at radius 2 is 1.65 bits per heavy atom. The number of alkyl halides is 1. The minimum absolute atomic E-state index is 0.0474. The molecule has 4 aliphatic rings. The van der Waals surface area contributed by atoms with Gasteiger partial charge in [-0.15, -0.1) is 11.6 Å². The topological polar surface area (TPSA) is 53.1 Å². The lowest BCUT2D eigenvalue weighted by Gasteiger charge is -2.47. The van der Waals surface area contributed by atoms with Crippen LogP contribution in [0, 0.1) is 17.8 Å². The molecule has 2 amide bonds. The highest BCUT2D eigenvalue weighted by atomic mass is 35.5. The van der Waals surface area contributed by atoms with Gasteiger partial charge in [-0.25, -0.2) is 0 Å². The Labute approximate surface area is 192 Å². The predicted molar refractivity (Wildman–Crippen MR) is 122 cm³/mol. The van der Waals surface area contributed by atoms with E-state index in [2.05, 4.69) is 5.06 Å². The van der Waals surface area contributed by atoms with Crippen LogP contribution < -0.4 is 0 Å². The molecule has 4 fully saturated rings. The fourth-order valence-corrected chi connectivity index (χ4v) is 6.36. The molecule has 2 heterocycles. The SMILES string of the molecule is CN(C)C(=O)C1CCN(C(=O)C2CC3CCCCC3ON2CC2CCC(Cl)CC2)CC1. The van der Waals surface area contributed by atoms with Gasteiger partial charge >= 0.3 is 0 Å². The summed E-state index contributed by atoms with van der Waals surface area (Å²) in [7, 11) is 3.63. The van der Waals surface area contributed by atoms with Crippen molar-refractivity contribution in [3.63, 3.8) is 0 Å². The zero-order chi connectivity index (χ0) is 22.0. The minimum Gasteiger partial charge on any atom is -0.349 e. The molecule has 3 unspecified atom stereocenters. The number of amides is 2. The van der Waals surface area contributed by atoms with Crippen molar-refractivity contribution in [2.45, 2.75) is 88.2 Å². The third kappa shape index (κ3) is 5.56. The molecule has 2 saturated heterocycles. The van der Waals surface area contributed by atoms with Gasteiger partial charge in [-0.1, -0.05) is 12.8 Å². The Bertz CT molecular complexity index is 630. The number of likely N-dealkylation sites (tertiary alicyclic amines) is 1. The first-order valence-electron chi connectivity index (χ1n) is 12.5. The second kappa shape index (κ2) is 10.4. The second-order valence-corrected chi connectivity index (χ2v) is 11.1. The van der Waals surface area contributed by atoms with Gasteiger partial charge < -0.3 is 9.80 Å². The number of fused-ring (bicyclic) bond motifs is 1. The van der Waals surface area contributed by atoms with Crippen LogP contribution in [-0.2, 0) is 14.4 Å². The molecule has 0 spiro atoms. The lowest BCUT2D eigenvalue weighted by Crippen LogP contribution is -2.58. The number of hydrogen-bond donors (Lipinski definition) is 0. The molecule has 0 bridgehead atoms. The zero-order valence-corrected chi connectivity index (χ0v) is 20.1. The largest absolute Gasteiger partial charge is 0.349 e. The van der Waals surface area contributed by atoms with Crippen molar-refractivity contribution in [3.8, 4) is 0 Å². The van der Waals surface area contributed by atoms with E-state index in [1.54, 1.807) is 4.90 Å². The Balaban J connectivity index is 1.40. The fraction of sp³-hybridized carbons (Fsp3) is 0.917. The number of piperidine rings is 1. The van der Waals surface area contributed by atoms with Gasteiger partial charge in [-0.2, -0.15) is 5.06 Å². The molecule has 6 nitrogen and oxygen atoms in total. The summed E-state index contributed by atoms with van der Waals surface area (Å²) < 4.78 is 0. The molecule has 176 valence electrons. The smallest absolute Gasteiger partial charge is 0.242 e. The van der Waals surface area contributed by atoms with Crippen molar-refractivity contribution in [1.82, 2.24) is 14.9 Å². The van der Waals surface area contributed by atoms with Crippen molar-refractivity contribution in [2.24, 2.45) is 17.8 Å². The average Bonchev–Trinajstić information content (AvgIpc) is 2.79. The van der Waals surface area contributed by atoms with E-state index in [1.807, 2.05) is 19.0 Å². The fourth-order valence-electron chi connectivity index (χ4n) is 6.11. The lowest BCUT2D eigenvalue weighted by molar-refractivity contribution is -0.275. The number of nitrogens with zero attached hydrogens (tertiary/aromatic N) is 3. The minimum atomic E-state index is -0.172. The average molecular weight is 454 g/mol. The maximum Gasteiger partial charge on any atom is 0.242 e. The molecule has 31 heavy (non-hydrogen) atoms. The zero-order valence-electron chi connectivity index (χ0n) is 19.3. The van der Waals surface area contributed by atoms with Gasteiger partial charge in [0.15, 0.2) is 0 Å². The highest BCUT2D eigenvalue weighted by Crippen LogP contribution is 2.38. The van der Waals surface area contributed by atoms with E-state index in [4.69, 9.17) is 16.4 Å². The third-order valence-corrected chi connectivity index (χ3v) is 8.52. The van der Waals surface area contributed by atoms with E-state index in [9.17, 15) is 9.59 Å². The highest BCUT2D eigenvalue weighted by molar-refractivity contribution is 6.20. The number of carbonyl (C=O) groups is 2. The first-order chi connectivity index (χ1) is 14.9. The summed E-state index contributed by atoms with van der Waals surface area (Å²) in [6.45, 7) is 2.20. The van der Waals surface area contributed by atoms with Gasteiger partial charge in [0.25, 0.3) is 0 Å². The summed E-state index contributed by atoms with van der Waals surface area (Å²) in [6, 6.07) is -0.172. The Kier molecular flexibility index (Phi) is 7.81. The van der Waals surface area contributed by atoms with E-state index in [0.29, 0.717) is 30.3 Å². The standard InChI is InChI=1S/C24H40ClN3O3/c1-26(2)23(29)18-11-13-27(14-12-18)24(30)21-15-19-5-3-4-6-22(19)31-28(21)16-17-7-9-20(25)10-8-17/h17-22H,3-16H2,1-2H3. The van der Waals surface area contributed by atoms with Crippen molar-refractivity contribution in [2.75, 3.05) is 33.7 Å². The second-order valence-electron chi connectivity index (χ2n) is 10.5. The number of hydroxylamine groups is 2. The molecular weight excluding hydrogens is 414 g/mol. The molecule has 2 aliphatic heterocycles. The van der Waals surface area contributed by atoms with Crippen LogP contribution in [0.3, 0.4) is 0 Å². The van der Waals surface area contributed by atoms with Crippen molar-refractivity contribution in [1.29, 1.82) is 0 Å². The Morgan fingerprint density at radius 3 is 2.32 bits per heavy atom. The molecule has 0 aromatic carbocycles. The summed E-state index contributed by atoms with van der Waals surface area (Å²) in [6.07, 6.45) is 11.9. The van der Waals surface area contributed by atoms with Crippen LogP contribution in [0.1, 0.15) is 70.6 Å². The Morgan fingerprint density at radius 1 is 0.968 bits per heavy atom. The van der Waals surface area contributed by atoms with Crippen LogP contribution in [0.15, 0.2) is 0 Å². The van der Waals surface area contributed by atoms with E-state index in [-0.39, 0.29) is 29.9 Å². The monoisotopic (exact) mass is 453 g/mol. The van der Waals surface area contributed by atoms with Gasteiger partial charge in [-0.3, -0.25) is 14.4 Å². The normalized spacial score (nSPS) is 35.5. The first-order valence-corrected chi connectivity index (χ1v) is 12.9. The number of halogens is 1. The maximum atomic E-state index is 13.6. The number of rotatable bonds is 4. The number of carbonyl (C=O) groups excluding carboxylic acids is 2. The third-order valence-electron chi connectivity index (χ3n) is 8.08. The van der Waals surface area contributed by atoms with E-state index < -0.39 is 0 Å². The first kappa shape index (κ1) is 23.3. The van der Waals surface area contributed by atoms with Crippen molar-refractivity contribution >= 4 is 23.4 Å². The van der Waals surface area contributed by atoms with Crippen LogP contribution in [0.4, 0.5) is 0 Å². The van der Waals surface area contributed by atoms with Crippen LogP contribution in [-0.4, -0.2) is 77.9 Å². The van der Waals surface area contributed by atoms with Gasteiger partial charge in [-0.05, 0) is 69.6 Å². The van der Waals surface area contributed by atoms with Gasteiger partial charge in [0, 0.05) is 45.0 Å². The van der Waals surface area contributed by atoms with E-state index in [1.165, 1.54) is 19.3 Å². The summed E-state index contributed by atoms with van der Waals surface area (Å²) >= 11 is 6.32. The van der Waals surface area contributed by atoms with Gasteiger partial charge in [0.05, 0.1) is 6.10 Å². The Hall–Kier alpha value is -0.850. The molecule has 2 aliphatic carbocycles. The van der Waals surface area contributed by atoms with Crippen LogP contribution in [0.5, 0.6) is 0 Å². The highest BCUT2D eigenvalue weighted by Gasteiger charge is 2.44. The summed E-state index contributed by atoms with van der Waals surface area (Å²) in [5.74, 6) is 1.52. The molecule has 3 atom stereocenters. The molecule has 0 radical (unpaired) electrons. The number of hydrogen-bond acceptors (Lipinski definition) is 4. The summed E-state index contributed by atoms with van der Waals surface area (Å²) in [5.41, 5.74) is 0. The molecule has 0 aromatic heterocycles. The molecule has 0 aromatic rings. The van der Waals surface area contributed by atoms with Crippen LogP contribution in [0.2, 0.25) is 0 Å². The van der Waals surface area contributed by atoms with Crippen LogP contribution >= 0.6 is 11.6 Å². The van der Waals surface area contributed by atoms with Crippen molar-refractivity contribution < 1.29 is 14.4 Å². The quantitative estimate of drug-likeness (QED) is 0.609. The van der Waals surface area contributed by atoms with E-state index in [0.717, 1.165) is 57.9 Å². The lowest BCUT2D eigenvalue weighted by atomic mass is 9.80. The molecule has 2 saturated carbocycles. The van der Waals surface area contributed by atoms with E-state index >= 15 is 0 Å².